The Balaban J connectivity index is 4.51. The highest BCUT2D eigenvalue weighted by atomic mass is 16.6. The number of rotatable bonds is 49. The molecular weight excluding hydrogens is 901 g/mol. The quantitative estimate of drug-likeness (QED) is 0.0261. The molecule has 0 aromatic heterocycles. The van der Waals surface area contributed by atoms with Gasteiger partial charge in [0.2, 0.25) is 0 Å². The van der Waals surface area contributed by atoms with E-state index >= 15 is 0 Å². The molecule has 0 N–H and O–H groups in total. The minimum absolute atomic E-state index is 0.127. The monoisotopic (exact) mass is 1000 g/mol. The van der Waals surface area contributed by atoms with Gasteiger partial charge in [-0.15, -0.1) is 0 Å². The van der Waals surface area contributed by atoms with Crippen LogP contribution in [0.4, 0.5) is 0 Å². The van der Waals surface area contributed by atoms with E-state index in [1.54, 1.807) is 0 Å². The smallest absolute Gasteiger partial charge is 0.306 e. The molecule has 0 amide bonds. The lowest BCUT2D eigenvalue weighted by molar-refractivity contribution is -0.167. The van der Waals surface area contributed by atoms with E-state index in [0.717, 1.165) is 141 Å². The van der Waals surface area contributed by atoms with Crippen molar-refractivity contribution in [2.75, 3.05) is 13.2 Å². The topological polar surface area (TPSA) is 78.9 Å². The average Bonchev–Trinajstić information content (AvgIpc) is 3.39. The van der Waals surface area contributed by atoms with Crippen molar-refractivity contribution in [1.82, 2.24) is 0 Å². The summed E-state index contributed by atoms with van der Waals surface area (Å²) in [6.07, 6.45) is 87.8. The third-order valence-corrected chi connectivity index (χ3v) is 11.2. The number of esters is 3. The van der Waals surface area contributed by atoms with Crippen LogP contribution in [-0.4, -0.2) is 37.2 Å². The second kappa shape index (κ2) is 59.3. The van der Waals surface area contributed by atoms with Gasteiger partial charge >= 0.3 is 17.9 Å². The molecule has 0 bridgehead atoms. The molecule has 0 spiro atoms. The van der Waals surface area contributed by atoms with Gasteiger partial charge in [-0.05, 0) is 141 Å². The van der Waals surface area contributed by atoms with Crippen molar-refractivity contribution >= 4 is 17.9 Å². The van der Waals surface area contributed by atoms with Crippen LogP contribution in [0.15, 0.2) is 170 Å². The lowest BCUT2D eigenvalue weighted by Crippen LogP contribution is -2.30. The predicted octanol–water partition coefficient (Wildman–Crippen LogP) is 19.5. The Morgan fingerprint density at radius 1 is 0.288 bits per heavy atom. The highest BCUT2D eigenvalue weighted by molar-refractivity contribution is 5.71. The van der Waals surface area contributed by atoms with Crippen molar-refractivity contribution in [2.24, 2.45) is 0 Å². The highest BCUT2D eigenvalue weighted by Gasteiger charge is 2.19. The Hall–Kier alpha value is -5.23. The molecule has 73 heavy (non-hydrogen) atoms. The molecule has 0 aliphatic heterocycles. The van der Waals surface area contributed by atoms with Gasteiger partial charge in [-0.1, -0.05) is 223 Å². The molecule has 6 heteroatoms. The van der Waals surface area contributed by atoms with Crippen LogP contribution in [0.2, 0.25) is 0 Å². The van der Waals surface area contributed by atoms with E-state index in [0.29, 0.717) is 19.3 Å². The van der Waals surface area contributed by atoms with Gasteiger partial charge in [0.05, 0.1) is 0 Å². The molecule has 0 fully saturated rings. The van der Waals surface area contributed by atoms with Crippen LogP contribution in [-0.2, 0) is 28.6 Å². The number of carbonyl (C=O) groups excluding carboxylic acids is 3. The number of hydrogen-bond acceptors (Lipinski definition) is 6. The summed E-state index contributed by atoms with van der Waals surface area (Å²) < 4.78 is 16.7. The number of allylic oxidation sites excluding steroid dienone is 28. The molecule has 0 saturated heterocycles. The molecule has 406 valence electrons. The third kappa shape index (κ3) is 57.5. The number of unbranched alkanes of at least 4 members (excludes halogenated alkanes) is 10. The molecule has 0 heterocycles. The summed E-state index contributed by atoms with van der Waals surface area (Å²) in [5.74, 6) is -1.05. The van der Waals surface area contributed by atoms with Crippen LogP contribution in [0.3, 0.4) is 0 Å². The fourth-order valence-electron chi connectivity index (χ4n) is 6.94. The summed E-state index contributed by atoms with van der Waals surface area (Å²) in [5.41, 5.74) is 0. The van der Waals surface area contributed by atoms with Gasteiger partial charge in [-0.2, -0.15) is 0 Å². The SMILES string of the molecule is CC/C=C\C/C=C\C/C=C\C/C=C\C/C=C\C/C=C\C/C=C\C/C=C\CCCCC(=O)OCC(COC(=O)CCCCCCC/C=C\CCCC)OC(=O)CCC/C=C\C/C=C\C/C=C\C/C=C\C/C=C\CC. The summed E-state index contributed by atoms with van der Waals surface area (Å²) in [5, 5.41) is 0. The van der Waals surface area contributed by atoms with Crippen LogP contribution in [0.1, 0.15) is 213 Å². The van der Waals surface area contributed by atoms with Crippen LogP contribution < -0.4 is 0 Å². The second-order valence-corrected chi connectivity index (χ2v) is 18.1. The number of hydrogen-bond donors (Lipinski definition) is 0. The molecule has 0 saturated carbocycles. The number of carbonyl (C=O) groups is 3. The first-order valence-corrected chi connectivity index (χ1v) is 28.6. The summed E-state index contributed by atoms with van der Waals surface area (Å²) in [4.78, 5) is 38.1. The molecule has 0 radical (unpaired) electrons. The van der Waals surface area contributed by atoms with Gasteiger partial charge < -0.3 is 14.2 Å². The lowest BCUT2D eigenvalue weighted by Gasteiger charge is -2.18. The zero-order chi connectivity index (χ0) is 52.9. The van der Waals surface area contributed by atoms with Gasteiger partial charge in [0, 0.05) is 19.3 Å². The Labute approximate surface area is 447 Å². The molecule has 0 aliphatic carbocycles. The van der Waals surface area contributed by atoms with Crippen molar-refractivity contribution in [3.8, 4) is 0 Å². The van der Waals surface area contributed by atoms with Crippen molar-refractivity contribution in [2.45, 2.75) is 219 Å². The minimum atomic E-state index is -0.838. The number of ether oxygens (including phenoxy) is 3. The third-order valence-electron chi connectivity index (χ3n) is 11.2. The Morgan fingerprint density at radius 3 is 0.918 bits per heavy atom. The standard InChI is InChI=1S/C67H102O6/c1-4-7-10-13-16-19-22-24-26-28-29-30-31-32-33-34-35-36-37-39-40-42-45-48-51-54-57-60-66(69)72-63-64(62-71-65(68)59-56-53-50-47-44-21-18-15-12-9-6-3)73-67(70)61-58-55-52-49-46-43-41-38-27-25-23-20-17-14-11-8-5-2/h7-8,10-11,15-20,24-27,29-30,32-33,35-36,39-41,43,45,48-49,52,64H,4-6,9,12-14,21-23,28,31,34,37-38,42,44,46-47,50-51,53-63H2,1-3H3/b10-7-,11-8-,18-15-,19-16-,20-17-,26-24-,27-25-,30-29-,33-32-,36-35-,40-39-,43-41-,48-45-,52-49-. The first-order valence-electron chi connectivity index (χ1n) is 28.6. The lowest BCUT2D eigenvalue weighted by atomic mass is 10.1. The minimum Gasteiger partial charge on any atom is -0.462 e. The van der Waals surface area contributed by atoms with Crippen molar-refractivity contribution in [3.63, 3.8) is 0 Å². The first kappa shape index (κ1) is 67.8. The van der Waals surface area contributed by atoms with Crippen LogP contribution in [0.5, 0.6) is 0 Å². The van der Waals surface area contributed by atoms with Crippen LogP contribution in [0.25, 0.3) is 0 Å². The van der Waals surface area contributed by atoms with E-state index in [2.05, 4.69) is 191 Å². The van der Waals surface area contributed by atoms with Gasteiger partial charge in [0.15, 0.2) is 6.10 Å². The van der Waals surface area contributed by atoms with Gasteiger partial charge in [-0.25, -0.2) is 0 Å². The van der Waals surface area contributed by atoms with E-state index < -0.39 is 6.10 Å². The van der Waals surface area contributed by atoms with Crippen molar-refractivity contribution in [3.05, 3.63) is 170 Å². The molecule has 0 aromatic rings. The fraction of sp³-hybridized carbons (Fsp3) is 0.537. The summed E-state index contributed by atoms with van der Waals surface area (Å²) in [6, 6.07) is 0. The molecule has 1 atom stereocenters. The maximum atomic E-state index is 12.8. The van der Waals surface area contributed by atoms with E-state index in [4.69, 9.17) is 14.2 Å². The zero-order valence-electron chi connectivity index (χ0n) is 46.3. The molecule has 6 nitrogen and oxygen atoms in total. The molecule has 1 unspecified atom stereocenters. The Bertz CT molecular complexity index is 1720. The largest absolute Gasteiger partial charge is 0.462 e. The van der Waals surface area contributed by atoms with Crippen LogP contribution >= 0.6 is 0 Å². The molecule has 0 aromatic carbocycles. The average molecular weight is 1000 g/mol. The van der Waals surface area contributed by atoms with Gasteiger partial charge in [0.25, 0.3) is 0 Å². The summed E-state index contributed by atoms with van der Waals surface area (Å²) in [6.45, 7) is 6.25. The maximum Gasteiger partial charge on any atom is 0.306 e. The van der Waals surface area contributed by atoms with E-state index in [1.807, 2.05) is 0 Å². The van der Waals surface area contributed by atoms with Crippen molar-refractivity contribution in [1.29, 1.82) is 0 Å². The van der Waals surface area contributed by atoms with E-state index in [9.17, 15) is 14.4 Å². The van der Waals surface area contributed by atoms with E-state index in [1.165, 1.54) is 19.3 Å². The molecular formula is C67H102O6. The maximum absolute atomic E-state index is 12.8. The molecule has 0 rings (SSSR count). The first-order chi connectivity index (χ1) is 36.0. The predicted molar refractivity (Wildman–Crippen MR) is 315 cm³/mol. The Morgan fingerprint density at radius 2 is 0.548 bits per heavy atom. The van der Waals surface area contributed by atoms with Gasteiger partial charge in [0.1, 0.15) is 13.2 Å². The molecule has 0 aliphatic rings. The summed E-state index contributed by atoms with van der Waals surface area (Å²) in [7, 11) is 0. The van der Waals surface area contributed by atoms with Crippen LogP contribution in [0, 0.1) is 0 Å². The van der Waals surface area contributed by atoms with E-state index in [-0.39, 0.29) is 44.0 Å². The zero-order valence-corrected chi connectivity index (χ0v) is 46.3. The van der Waals surface area contributed by atoms with Gasteiger partial charge in [-0.3, -0.25) is 14.4 Å². The Kier molecular flexibility index (Phi) is 55.1. The normalized spacial score (nSPS) is 13.4. The summed E-state index contributed by atoms with van der Waals surface area (Å²) >= 11 is 0. The highest BCUT2D eigenvalue weighted by Crippen LogP contribution is 2.11. The second-order valence-electron chi connectivity index (χ2n) is 18.1. The van der Waals surface area contributed by atoms with Crippen molar-refractivity contribution < 1.29 is 28.6 Å². The fourth-order valence-corrected chi connectivity index (χ4v) is 6.94.